The van der Waals surface area contributed by atoms with Gasteiger partial charge in [-0.2, -0.15) is 0 Å². The first kappa shape index (κ1) is 24.4. The molecule has 188 valence electrons. The third kappa shape index (κ3) is 5.26. The van der Waals surface area contributed by atoms with Crippen LogP contribution in [0.3, 0.4) is 0 Å². The van der Waals surface area contributed by atoms with E-state index >= 15 is 0 Å². The number of nitrogens with zero attached hydrogens (tertiary/aromatic N) is 5. The fraction of sp³-hybridized carbons (Fsp3) is 0.448. The minimum Gasteiger partial charge on any atom is -0.321 e. The molecule has 1 atom stereocenters. The third-order valence-electron chi connectivity index (χ3n) is 7.66. The predicted octanol–water partition coefficient (Wildman–Crippen LogP) is 5.35. The summed E-state index contributed by atoms with van der Waals surface area (Å²) < 4.78 is 1.96. The highest BCUT2D eigenvalue weighted by Gasteiger charge is 2.32. The summed E-state index contributed by atoms with van der Waals surface area (Å²) in [6.07, 6.45) is 7.79. The number of fused-ring (bicyclic) bond motifs is 1. The van der Waals surface area contributed by atoms with Crippen LogP contribution in [0.5, 0.6) is 0 Å². The molecule has 2 aromatic carbocycles. The van der Waals surface area contributed by atoms with Crippen LogP contribution < -0.4 is 5.56 Å². The van der Waals surface area contributed by atoms with Gasteiger partial charge in [0.1, 0.15) is 0 Å². The SMILES string of the molecule is CC[C@H](c1nnnn1CCc1ccccc1)N(Cc1cc2cccc(C)c2[nH]c1=O)C1CCCCC1. The van der Waals surface area contributed by atoms with Crippen LogP contribution in [0.4, 0.5) is 0 Å². The maximum Gasteiger partial charge on any atom is 0.252 e. The molecule has 7 nitrogen and oxygen atoms in total. The van der Waals surface area contributed by atoms with Crippen LogP contribution in [0.2, 0.25) is 0 Å². The highest BCUT2D eigenvalue weighted by atomic mass is 16.1. The smallest absolute Gasteiger partial charge is 0.252 e. The van der Waals surface area contributed by atoms with Crippen molar-refractivity contribution >= 4 is 10.9 Å². The summed E-state index contributed by atoms with van der Waals surface area (Å²) in [6.45, 7) is 5.56. The first-order valence-electron chi connectivity index (χ1n) is 13.3. The van der Waals surface area contributed by atoms with Gasteiger partial charge in [0.05, 0.1) is 11.6 Å². The van der Waals surface area contributed by atoms with Crippen molar-refractivity contribution in [1.82, 2.24) is 30.1 Å². The molecular weight excluding hydrogens is 448 g/mol. The molecule has 5 rings (SSSR count). The fourth-order valence-electron chi connectivity index (χ4n) is 5.70. The molecule has 7 heteroatoms. The van der Waals surface area contributed by atoms with E-state index < -0.39 is 0 Å². The number of nitrogens with one attached hydrogen (secondary N) is 1. The molecule has 0 aliphatic heterocycles. The zero-order valence-electron chi connectivity index (χ0n) is 21.4. The lowest BCUT2D eigenvalue weighted by Crippen LogP contribution is -2.41. The second kappa shape index (κ2) is 11.2. The molecule has 0 unspecified atom stereocenters. The Morgan fingerprint density at radius 1 is 1.08 bits per heavy atom. The topological polar surface area (TPSA) is 79.7 Å². The van der Waals surface area contributed by atoms with Crippen molar-refractivity contribution in [2.75, 3.05) is 0 Å². The molecule has 0 spiro atoms. The van der Waals surface area contributed by atoms with E-state index in [2.05, 4.69) is 68.7 Å². The molecule has 1 N–H and O–H groups in total. The minimum absolute atomic E-state index is 0.00358. The number of pyridine rings is 1. The number of hydrogen-bond donors (Lipinski definition) is 1. The van der Waals surface area contributed by atoms with Crippen molar-refractivity contribution in [2.45, 2.75) is 84.0 Å². The molecule has 4 aromatic rings. The summed E-state index contributed by atoms with van der Waals surface area (Å²) in [5, 5.41) is 14.0. The number of hydrogen-bond acceptors (Lipinski definition) is 5. The second-order valence-corrected chi connectivity index (χ2v) is 10.0. The van der Waals surface area contributed by atoms with Crippen LogP contribution in [-0.2, 0) is 19.5 Å². The lowest BCUT2D eigenvalue weighted by molar-refractivity contribution is 0.0841. The molecule has 1 aliphatic rings. The summed E-state index contributed by atoms with van der Waals surface area (Å²) >= 11 is 0. The van der Waals surface area contributed by atoms with E-state index in [0.29, 0.717) is 12.6 Å². The van der Waals surface area contributed by atoms with Crippen molar-refractivity contribution in [3.05, 3.63) is 87.5 Å². The Hall–Kier alpha value is -3.32. The Labute approximate surface area is 212 Å². The van der Waals surface area contributed by atoms with Gasteiger partial charge in [-0.05, 0) is 65.6 Å². The maximum atomic E-state index is 13.2. The number of tetrazole rings is 1. The van der Waals surface area contributed by atoms with Gasteiger partial charge >= 0.3 is 0 Å². The summed E-state index contributed by atoms with van der Waals surface area (Å²) in [5.74, 6) is 0.895. The molecule has 0 saturated heterocycles. The Morgan fingerprint density at radius 3 is 2.67 bits per heavy atom. The standard InChI is InChI=1S/C29H36N6O/c1-3-26(28-31-32-33-35(28)18-17-22-12-6-4-7-13-22)34(25-15-8-5-9-16-25)20-24-19-23-14-10-11-21(2)27(23)30-29(24)36/h4,6-7,10-14,19,25-26H,3,5,8-9,15-18,20H2,1-2H3,(H,30,36)/t26-/m1/s1. The monoisotopic (exact) mass is 484 g/mol. The summed E-state index contributed by atoms with van der Waals surface area (Å²) in [4.78, 5) is 18.9. The largest absolute Gasteiger partial charge is 0.321 e. The van der Waals surface area contributed by atoms with Crippen LogP contribution in [0.1, 0.15) is 74.0 Å². The number of aromatic nitrogens is 5. The normalized spacial score (nSPS) is 15.5. The molecule has 2 aromatic heterocycles. The van der Waals surface area contributed by atoms with Gasteiger partial charge in [0, 0.05) is 24.7 Å². The first-order valence-corrected chi connectivity index (χ1v) is 13.3. The van der Waals surface area contributed by atoms with Gasteiger partial charge < -0.3 is 4.98 Å². The average molecular weight is 485 g/mol. The van der Waals surface area contributed by atoms with E-state index in [-0.39, 0.29) is 11.6 Å². The fourth-order valence-corrected chi connectivity index (χ4v) is 5.70. The van der Waals surface area contributed by atoms with E-state index in [1.807, 2.05) is 29.8 Å². The molecule has 1 fully saturated rings. The van der Waals surface area contributed by atoms with Crippen LogP contribution in [0.15, 0.2) is 59.4 Å². The quantitative estimate of drug-likeness (QED) is 0.346. The van der Waals surface area contributed by atoms with Crippen LogP contribution in [0.25, 0.3) is 10.9 Å². The van der Waals surface area contributed by atoms with E-state index in [1.165, 1.54) is 24.8 Å². The molecule has 0 radical (unpaired) electrons. The third-order valence-corrected chi connectivity index (χ3v) is 7.66. The lowest BCUT2D eigenvalue weighted by Gasteiger charge is -2.39. The van der Waals surface area contributed by atoms with Crippen LogP contribution in [-0.4, -0.2) is 36.1 Å². The number of para-hydroxylation sites is 1. The van der Waals surface area contributed by atoms with Gasteiger partial charge in [-0.25, -0.2) is 4.68 Å². The molecule has 0 bridgehead atoms. The number of H-pyrrole nitrogens is 1. The van der Waals surface area contributed by atoms with E-state index in [1.54, 1.807) is 0 Å². The van der Waals surface area contributed by atoms with Gasteiger partial charge in [0.2, 0.25) is 0 Å². The second-order valence-electron chi connectivity index (χ2n) is 10.0. The lowest BCUT2D eigenvalue weighted by atomic mass is 9.92. The molecule has 0 amide bonds. The Balaban J connectivity index is 1.46. The van der Waals surface area contributed by atoms with Crippen LogP contribution in [0, 0.1) is 6.92 Å². The molecule has 1 saturated carbocycles. The van der Waals surface area contributed by atoms with Gasteiger partial charge in [0.25, 0.3) is 5.56 Å². The van der Waals surface area contributed by atoms with Gasteiger partial charge in [-0.1, -0.05) is 74.7 Å². The zero-order chi connectivity index (χ0) is 24.9. The van der Waals surface area contributed by atoms with E-state index in [9.17, 15) is 4.79 Å². The molecule has 36 heavy (non-hydrogen) atoms. The van der Waals surface area contributed by atoms with Gasteiger partial charge in [0.15, 0.2) is 5.82 Å². The Morgan fingerprint density at radius 2 is 1.89 bits per heavy atom. The molecule has 1 aliphatic carbocycles. The van der Waals surface area contributed by atoms with Crippen molar-refractivity contribution < 1.29 is 0 Å². The first-order chi connectivity index (χ1) is 17.6. The summed E-state index contributed by atoms with van der Waals surface area (Å²) in [7, 11) is 0. The Kier molecular flexibility index (Phi) is 7.56. The average Bonchev–Trinajstić information content (AvgIpc) is 3.37. The highest BCUT2D eigenvalue weighted by Crippen LogP contribution is 2.33. The zero-order valence-corrected chi connectivity index (χ0v) is 21.4. The number of aromatic amines is 1. The molecule has 2 heterocycles. The van der Waals surface area contributed by atoms with Gasteiger partial charge in [-0.3, -0.25) is 9.69 Å². The summed E-state index contributed by atoms with van der Waals surface area (Å²) in [5.41, 5.74) is 4.09. The summed E-state index contributed by atoms with van der Waals surface area (Å²) in [6, 6.07) is 19.2. The van der Waals surface area contributed by atoms with E-state index in [4.69, 9.17) is 0 Å². The van der Waals surface area contributed by atoms with E-state index in [0.717, 1.165) is 60.1 Å². The minimum atomic E-state index is -0.00358. The number of benzene rings is 2. The Bertz CT molecular complexity index is 1340. The van der Waals surface area contributed by atoms with Crippen molar-refractivity contribution in [3.8, 4) is 0 Å². The van der Waals surface area contributed by atoms with Crippen molar-refractivity contribution in [3.63, 3.8) is 0 Å². The van der Waals surface area contributed by atoms with Crippen LogP contribution >= 0.6 is 0 Å². The number of rotatable bonds is 9. The van der Waals surface area contributed by atoms with Gasteiger partial charge in [-0.15, -0.1) is 5.10 Å². The highest BCUT2D eigenvalue weighted by molar-refractivity contribution is 5.81. The number of aryl methyl sites for hydroxylation is 3. The molecular formula is C29H36N6O. The maximum absolute atomic E-state index is 13.2. The van der Waals surface area contributed by atoms with Crippen molar-refractivity contribution in [1.29, 1.82) is 0 Å². The predicted molar refractivity (Wildman–Crippen MR) is 143 cm³/mol. The van der Waals surface area contributed by atoms with Crippen molar-refractivity contribution in [2.24, 2.45) is 0 Å².